The number of carbonyl (C=O) groups is 3. The molecule has 3 aliphatic rings. The number of halogens is 1. The number of hydrogen-bond donors (Lipinski definition) is 1. The summed E-state index contributed by atoms with van der Waals surface area (Å²) in [5, 5.41) is 10.1. The summed E-state index contributed by atoms with van der Waals surface area (Å²) in [4.78, 5) is 44.2. The minimum Gasteiger partial charge on any atom is -0.465 e. The summed E-state index contributed by atoms with van der Waals surface area (Å²) >= 11 is 3.64. The molecule has 3 unspecified atom stereocenters. The fraction of sp³-hybridized carbons (Fsp3) is 0.720. The second-order valence-electron chi connectivity index (χ2n) is 10.3. The van der Waals surface area contributed by atoms with Crippen molar-refractivity contribution in [2.45, 2.75) is 81.1 Å². The van der Waals surface area contributed by atoms with Gasteiger partial charge < -0.3 is 24.4 Å². The van der Waals surface area contributed by atoms with Crippen molar-refractivity contribution in [2.75, 3.05) is 19.8 Å². The van der Waals surface area contributed by atoms with Crippen molar-refractivity contribution in [3.8, 4) is 0 Å². The molecule has 0 aromatic carbocycles. The van der Waals surface area contributed by atoms with Crippen LogP contribution in [0, 0.1) is 11.8 Å². The van der Waals surface area contributed by atoms with Gasteiger partial charge >= 0.3 is 5.97 Å². The van der Waals surface area contributed by atoms with Crippen LogP contribution in [-0.2, 0) is 23.9 Å². The zero-order valence-electron chi connectivity index (χ0n) is 20.5. The van der Waals surface area contributed by atoms with Gasteiger partial charge in [0.15, 0.2) is 0 Å². The molecule has 3 rings (SSSR count). The number of hydrogen-bond acceptors (Lipinski definition) is 6. The maximum absolute atomic E-state index is 14.2. The maximum Gasteiger partial charge on any atom is 0.312 e. The fourth-order valence-corrected chi connectivity index (χ4v) is 6.68. The zero-order valence-corrected chi connectivity index (χ0v) is 22.1. The van der Waals surface area contributed by atoms with Gasteiger partial charge in [0.05, 0.1) is 37.2 Å². The number of esters is 1. The Morgan fingerprint density at radius 1 is 1.38 bits per heavy atom. The number of carbonyl (C=O) groups excluding carboxylic acids is 3. The van der Waals surface area contributed by atoms with E-state index in [1.54, 1.807) is 17.1 Å². The van der Waals surface area contributed by atoms with Crippen LogP contribution in [0.4, 0.5) is 0 Å². The minimum atomic E-state index is -1.18. The predicted octanol–water partition coefficient (Wildman–Crippen LogP) is 2.44. The third kappa shape index (κ3) is 4.24. The zero-order chi connectivity index (χ0) is 25.4. The quantitative estimate of drug-likeness (QED) is 0.198. The lowest BCUT2D eigenvalue weighted by Crippen LogP contribution is -2.61. The smallest absolute Gasteiger partial charge is 0.312 e. The van der Waals surface area contributed by atoms with Crippen molar-refractivity contribution in [1.29, 1.82) is 0 Å². The van der Waals surface area contributed by atoms with Crippen LogP contribution in [0.3, 0.4) is 0 Å². The number of likely N-dealkylation sites (tertiary alicyclic amines) is 1. The van der Waals surface area contributed by atoms with Gasteiger partial charge in [-0.25, -0.2) is 0 Å². The molecule has 190 valence electrons. The number of nitrogens with zero attached hydrogens (tertiary/aromatic N) is 2. The Labute approximate surface area is 210 Å². The topological polar surface area (TPSA) is 96.4 Å². The first-order chi connectivity index (χ1) is 16.0. The van der Waals surface area contributed by atoms with Gasteiger partial charge in [0.1, 0.15) is 11.6 Å². The molecule has 2 amide bonds. The summed E-state index contributed by atoms with van der Waals surface area (Å²) in [5.74, 6) is -2.77. The van der Waals surface area contributed by atoms with Crippen LogP contribution in [0.1, 0.15) is 47.0 Å². The monoisotopic (exact) mass is 540 g/mol. The number of alkyl halides is 1. The molecule has 7 atom stereocenters. The summed E-state index contributed by atoms with van der Waals surface area (Å²) in [6.45, 7) is 15.3. The molecule has 1 spiro atoms. The lowest BCUT2D eigenvalue weighted by molar-refractivity contribution is -0.157. The van der Waals surface area contributed by atoms with E-state index in [9.17, 15) is 19.5 Å². The molecule has 0 radical (unpaired) electrons. The molecule has 0 aromatic heterocycles. The number of fused-ring (bicyclic) bond motifs is 1. The van der Waals surface area contributed by atoms with E-state index in [1.165, 1.54) is 4.90 Å². The molecule has 34 heavy (non-hydrogen) atoms. The maximum atomic E-state index is 14.2. The molecular weight excluding hydrogens is 504 g/mol. The van der Waals surface area contributed by atoms with Crippen molar-refractivity contribution in [2.24, 2.45) is 11.8 Å². The number of ether oxygens (including phenoxy) is 2. The van der Waals surface area contributed by atoms with E-state index >= 15 is 0 Å². The van der Waals surface area contributed by atoms with Crippen molar-refractivity contribution in [3.05, 3.63) is 25.3 Å². The highest BCUT2D eigenvalue weighted by Crippen LogP contribution is 2.60. The van der Waals surface area contributed by atoms with Crippen LogP contribution in [0.25, 0.3) is 0 Å². The summed E-state index contributed by atoms with van der Waals surface area (Å²) in [7, 11) is 0. The fourth-order valence-electron chi connectivity index (χ4n) is 5.73. The molecule has 0 saturated carbocycles. The minimum absolute atomic E-state index is 0.170. The number of amides is 2. The highest BCUT2D eigenvalue weighted by Gasteiger charge is 2.77. The average molecular weight is 541 g/mol. The van der Waals surface area contributed by atoms with Crippen LogP contribution < -0.4 is 0 Å². The lowest BCUT2D eigenvalue weighted by Gasteiger charge is -2.43. The number of aliphatic hydroxyl groups is 1. The van der Waals surface area contributed by atoms with Crippen molar-refractivity contribution in [1.82, 2.24) is 9.80 Å². The number of rotatable bonds is 10. The van der Waals surface area contributed by atoms with Crippen molar-refractivity contribution >= 4 is 33.7 Å². The second-order valence-corrected chi connectivity index (χ2v) is 11.5. The first-order valence-electron chi connectivity index (χ1n) is 11.9. The number of aliphatic hydroxyl groups excluding tert-OH is 1. The largest absolute Gasteiger partial charge is 0.465 e. The van der Waals surface area contributed by atoms with Gasteiger partial charge in [0, 0.05) is 16.9 Å². The van der Waals surface area contributed by atoms with E-state index in [2.05, 4.69) is 29.1 Å². The first-order valence-corrected chi connectivity index (χ1v) is 12.9. The Morgan fingerprint density at radius 2 is 2.06 bits per heavy atom. The van der Waals surface area contributed by atoms with Crippen LogP contribution in [0.2, 0.25) is 0 Å². The predicted molar refractivity (Wildman–Crippen MR) is 131 cm³/mol. The van der Waals surface area contributed by atoms with Crippen molar-refractivity contribution in [3.63, 3.8) is 0 Å². The highest BCUT2D eigenvalue weighted by molar-refractivity contribution is 9.09. The van der Waals surface area contributed by atoms with Gasteiger partial charge in [-0.2, -0.15) is 0 Å². The van der Waals surface area contributed by atoms with Gasteiger partial charge in [0.25, 0.3) is 0 Å². The second kappa shape index (κ2) is 10.1. The molecule has 8 nitrogen and oxygen atoms in total. The average Bonchev–Trinajstić information content (AvgIpc) is 3.36. The third-order valence-electron chi connectivity index (χ3n) is 7.26. The molecule has 9 heteroatoms. The molecule has 3 heterocycles. The van der Waals surface area contributed by atoms with E-state index in [0.29, 0.717) is 25.8 Å². The van der Waals surface area contributed by atoms with Gasteiger partial charge in [-0.1, -0.05) is 35.0 Å². The summed E-state index contributed by atoms with van der Waals surface area (Å²) in [5.41, 5.74) is -1.72. The Balaban J connectivity index is 2.10. The van der Waals surface area contributed by atoms with Crippen LogP contribution >= 0.6 is 15.9 Å². The van der Waals surface area contributed by atoms with Crippen LogP contribution in [-0.4, -0.2) is 86.6 Å². The standard InChI is InChI=1S/C25H37BrN2O6/c1-7-10-12-33-23(32)17-18-21(30)28(15(9-3)14-29)20(25(18)13-16(26)19(17)34-25)22(31)27(11-8-2)24(4,5)6/h7-8,15-20,29H,1-2,9-14H2,3-6H3/t15-,16?,17-,18-,19-,20?,25?/m0/s1. The summed E-state index contributed by atoms with van der Waals surface area (Å²) in [6, 6.07) is -1.53. The Hall–Kier alpha value is -1.71. The van der Waals surface area contributed by atoms with Gasteiger partial charge in [-0.3, -0.25) is 14.4 Å². The van der Waals surface area contributed by atoms with E-state index in [0.717, 1.165) is 0 Å². The molecule has 3 saturated heterocycles. The molecular formula is C25H37BrN2O6. The van der Waals surface area contributed by atoms with Crippen LogP contribution in [0.15, 0.2) is 25.3 Å². The Bertz CT molecular complexity index is 838. The Kier molecular flexibility index (Phi) is 7.99. The van der Waals surface area contributed by atoms with E-state index in [-0.39, 0.29) is 29.9 Å². The molecule has 3 aliphatic heterocycles. The van der Waals surface area contributed by atoms with Gasteiger partial charge in [-0.15, -0.1) is 13.2 Å². The summed E-state index contributed by atoms with van der Waals surface area (Å²) in [6.07, 6.45) is 4.11. The van der Waals surface area contributed by atoms with E-state index in [1.807, 2.05) is 27.7 Å². The van der Waals surface area contributed by atoms with Crippen LogP contribution in [0.5, 0.6) is 0 Å². The van der Waals surface area contributed by atoms with E-state index < -0.39 is 47.1 Å². The molecule has 3 fully saturated rings. The molecule has 0 aliphatic carbocycles. The van der Waals surface area contributed by atoms with Crippen molar-refractivity contribution < 1.29 is 29.0 Å². The lowest BCUT2D eigenvalue weighted by atomic mass is 9.70. The molecule has 1 N–H and O–H groups in total. The molecule has 0 aromatic rings. The normalized spacial score (nSPS) is 32.9. The summed E-state index contributed by atoms with van der Waals surface area (Å²) < 4.78 is 11.9. The first kappa shape index (κ1) is 26.9. The van der Waals surface area contributed by atoms with Gasteiger partial charge in [0.2, 0.25) is 11.8 Å². The third-order valence-corrected chi connectivity index (χ3v) is 8.11. The molecule has 2 bridgehead atoms. The van der Waals surface area contributed by atoms with E-state index in [4.69, 9.17) is 9.47 Å². The van der Waals surface area contributed by atoms with Gasteiger partial charge in [-0.05, 0) is 40.0 Å². The highest BCUT2D eigenvalue weighted by atomic mass is 79.9. The SMILES string of the molecule is C=CCCOC(=O)[C@H]1[C@H]2C(=O)N([C@@H](CC)CO)C(C(=O)N(CC=C)C(C)(C)C)C23CC(Br)[C@@H]1O3. The Morgan fingerprint density at radius 3 is 2.59 bits per heavy atom.